The SMILES string of the molecule is CC(=O)CN1CCN(CC#Cc2cnc(C)nc2)CC1. The predicted molar refractivity (Wildman–Crippen MR) is 77.2 cm³/mol. The summed E-state index contributed by atoms with van der Waals surface area (Å²) < 4.78 is 0. The number of rotatable bonds is 3. The molecule has 0 unspecified atom stereocenters. The molecule has 20 heavy (non-hydrogen) atoms. The van der Waals surface area contributed by atoms with Gasteiger partial charge in [-0.25, -0.2) is 9.97 Å². The number of hydrogen-bond donors (Lipinski definition) is 0. The minimum absolute atomic E-state index is 0.234. The van der Waals surface area contributed by atoms with E-state index in [9.17, 15) is 4.79 Å². The van der Waals surface area contributed by atoms with Crippen LogP contribution >= 0.6 is 0 Å². The van der Waals surface area contributed by atoms with E-state index in [1.54, 1.807) is 19.3 Å². The van der Waals surface area contributed by atoms with Crippen molar-refractivity contribution in [3.8, 4) is 11.8 Å². The van der Waals surface area contributed by atoms with Crippen molar-refractivity contribution in [3.63, 3.8) is 0 Å². The molecule has 1 saturated heterocycles. The summed E-state index contributed by atoms with van der Waals surface area (Å²) >= 11 is 0. The number of piperazine rings is 1. The molecule has 0 bridgehead atoms. The molecule has 1 aliphatic rings. The van der Waals surface area contributed by atoms with Gasteiger partial charge >= 0.3 is 0 Å². The molecule has 0 spiro atoms. The lowest BCUT2D eigenvalue weighted by Gasteiger charge is -2.32. The molecule has 0 aliphatic carbocycles. The predicted octanol–water partition coefficient (Wildman–Crippen LogP) is 0.343. The van der Waals surface area contributed by atoms with Crippen molar-refractivity contribution in [2.45, 2.75) is 13.8 Å². The van der Waals surface area contributed by atoms with Gasteiger partial charge in [-0.1, -0.05) is 11.8 Å². The molecule has 2 rings (SSSR count). The van der Waals surface area contributed by atoms with Crippen LogP contribution in [0.5, 0.6) is 0 Å². The van der Waals surface area contributed by atoms with Crippen LogP contribution in [0.1, 0.15) is 18.3 Å². The van der Waals surface area contributed by atoms with E-state index in [4.69, 9.17) is 0 Å². The summed E-state index contributed by atoms with van der Waals surface area (Å²) in [5.74, 6) is 7.23. The Morgan fingerprint density at radius 2 is 1.80 bits per heavy atom. The van der Waals surface area contributed by atoms with Gasteiger partial charge in [0, 0.05) is 38.6 Å². The first-order chi connectivity index (χ1) is 9.63. The highest BCUT2D eigenvalue weighted by molar-refractivity contribution is 5.77. The number of carbonyl (C=O) groups excluding carboxylic acids is 1. The van der Waals surface area contributed by atoms with Crippen molar-refractivity contribution in [2.24, 2.45) is 0 Å². The van der Waals surface area contributed by atoms with Crippen molar-refractivity contribution < 1.29 is 4.79 Å². The van der Waals surface area contributed by atoms with Crippen molar-refractivity contribution in [1.82, 2.24) is 19.8 Å². The molecule has 0 aromatic carbocycles. The second-order valence-corrected chi connectivity index (χ2v) is 5.08. The monoisotopic (exact) mass is 272 g/mol. The molecule has 1 aliphatic heterocycles. The van der Waals surface area contributed by atoms with Crippen LogP contribution in [0.2, 0.25) is 0 Å². The highest BCUT2D eigenvalue weighted by atomic mass is 16.1. The summed E-state index contributed by atoms with van der Waals surface area (Å²) in [5.41, 5.74) is 0.853. The molecule has 0 atom stereocenters. The molecule has 106 valence electrons. The second kappa shape index (κ2) is 7.13. The molecule has 1 fully saturated rings. The minimum Gasteiger partial charge on any atom is -0.299 e. The quantitative estimate of drug-likeness (QED) is 0.743. The first kappa shape index (κ1) is 14.6. The summed E-state index contributed by atoms with van der Waals surface area (Å²) in [6.45, 7) is 8.63. The van der Waals surface area contributed by atoms with Crippen molar-refractivity contribution in [2.75, 3.05) is 39.3 Å². The molecule has 0 radical (unpaired) electrons. The summed E-state index contributed by atoms with van der Waals surface area (Å²) in [7, 11) is 0. The minimum atomic E-state index is 0.234. The van der Waals surface area contributed by atoms with Gasteiger partial charge in [-0.05, 0) is 13.8 Å². The Morgan fingerprint density at radius 3 is 2.40 bits per heavy atom. The molecule has 0 N–H and O–H groups in total. The number of Topliss-reactive ketones (excluding diaryl/α,β-unsaturated/α-hetero) is 1. The van der Waals surface area contributed by atoms with Crippen LogP contribution in [0.15, 0.2) is 12.4 Å². The van der Waals surface area contributed by atoms with Crippen LogP contribution in [-0.2, 0) is 4.79 Å². The fourth-order valence-corrected chi connectivity index (χ4v) is 2.13. The van der Waals surface area contributed by atoms with E-state index < -0.39 is 0 Å². The number of hydrogen-bond acceptors (Lipinski definition) is 5. The highest BCUT2D eigenvalue weighted by Crippen LogP contribution is 2.01. The largest absolute Gasteiger partial charge is 0.299 e. The van der Waals surface area contributed by atoms with E-state index in [1.165, 1.54) is 0 Å². The fourth-order valence-electron chi connectivity index (χ4n) is 2.13. The Balaban J connectivity index is 1.76. The highest BCUT2D eigenvalue weighted by Gasteiger charge is 2.16. The van der Waals surface area contributed by atoms with Crippen LogP contribution in [0, 0.1) is 18.8 Å². The average molecular weight is 272 g/mol. The van der Waals surface area contributed by atoms with E-state index in [0.29, 0.717) is 6.54 Å². The van der Waals surface area contributed by atoms with Crippen LogP contribution in [0.25, 0.3) is 0 Å². The lowest BCUT2D eigenvalue weighted by Crippen LogP contribution is -2.47. The van der Waals surface area contributed by atoms with Crippen molar-refractivity contribution in [3.05, 3.63) is 23.8 Å². The maximum absolute atomic E-state index is 11.1. The van der Waals surface area contributed by atoms with Gasteiger partial charge in [0.1, 0.15) is 11.6 Å². The number of nitrogens with zero attached hydrogens (tertiary/aromatic N) is 4. The summed E-state index contributed by atoms with van der Waals surface area (Å²) in [6.07, 6.45) is 3.50. The van der Waals surface area contributed by atoms with Gasteiger partial charge in [0.25, 0.3) is 0 Å². The number of aryl methyl sites for hydroxylation is 1. The topological polar surface area (TPSA) is 49.3 Å². The zero-order valence-corrected chi connectivity index (χ0v) is 12.1. The zero-order valence-electron chi connectivity index (χ0n) is 12.1. The average Bonchev–Trinajstić information content (AvgIpc) is 2.42. The van der Waals surface area contributed by atoms with Crippen LogP contribution in [0.4, 0.5) is 0 Å². The Kier molecular flexibility index (Phi) is 5.22. The summed E-state index contributed by atoms with van der Waals surface area (Å²) in [6, 6.07) is 0. The molecule has 1 aromatic heterocycles. The van der Waals surface area contributed by atoms with Gasteiger partial charge in [-0.3, -0.25) is 14.6 Å². The lowest BCUT2D eigenvalue weighted by atomic mass is 10.3. The Hall–Kier alpha value is -1.77. The number of ketones is 1. The second-order valence-electron chi connectivity index (χ2n) is 5.08. The van der Waals surface area contributed by atoms with Gasteiger partial charge in [0.05, 0.1) is 18.7 Å². The number of carbonyl (C=O) groups is 1. The van der Waals surface area contributed by atoms with Gasteiger partial charge in [0.15, 0.2) is 0 Å². The van der Waals surface area contributed by atoms with E-state index in [-0.39, 0.29) is 5.78 Å². The molecular weight excluding hydrogens is 252 g/mol. The summed E-state index contributed by atoms with van der Waals surface area (Å²) in [4.78, 5) is 23.8. The van der Waals surface area contributed by atoms with Gasteiger partial charge < -0.3 is 0 Å². The fraction of sp³-hybridized carbons (Fsp3) is 0.533. The zero-order chi connectivity index (χ0) is 14.4. The van der Waals surface area contributed by atoms with Gasteiger partial charge in [-0.2, -0.15) is 0 Å². The molecule has 5 nitrogen and oxygen atoms in total. The van der Waals surface area contributed by atoms with Crippen LogP contribution in [0.3, 0.4) is 0 Å². The van der Waals surface area contributed by atoms with Gasteiger partial charge in [-0.15, -0.1) is 0 Å². The molecule has 5 heteroatoms. The molecule has 0 amide bonds. The molecular formula is C15H20N4O. The van der Waals surface area contributed by atoms with Crippen molar-refractivity contribution >= 4 is 5.78 Å². The Morgan fingerprint density at radius 1 is 1.20 bits per heavy atom. The normalized spacial score (nSPS) is 16.5. The third-order valence-corrected chi connectivity index (χ3v) is 3.23. The van der Waals surface area contributed by atoms with Crippen LogP contribution < -0.4 is 0 Å². The van der Waals surface area contributed by atoms with E-state index in [1.807, 2.05) is 6.92 Å². The maximum atomic E-state index is 11.1. The van der Waals surface area contributed by atoms with E-state index in [0.717, 1.165) is 44.1 Å². The third-order valence-electron chi connectivity index (χ3n) is 3.23. The van der Waals surface area contributed by atoms with E-state index >= 15 is 0 Å². The first-order valence-electron chi connectivity index (χ1n) is 6.85. The Bertz CT molecular complexity index is 507. The first-order valence-corrected chi connectivity index (χ1v) is 6.85. The lowest BCUT2D eigenvalue weighted by molar-refractivity contribution is -0.118. The Labute approximate surface area is 120 Å². The van der Waals surface area contributed by atoms with Crippen LogP contribution in [-0.4, -0.2) is 64.8 Å². The maximum Gasteiger partial charge on any atom is 0.143 e. The summed E-state index contributed by atoms with van der Waals surface area (Å²) in [5, 5.41) is 0. The molecule has 0 saturated carbocycles. The number of aromatic nitrogens is 2. The third kappa shape index (κ3) is 4.72. The molecule has 2 heterocycles. The van der Waals surface area contributed by atoms with Gasteiger partial charge in [0.2, 0.25) is 0 Å². The molecule has 1 aromatic rings. The van der Waals surface area contributed by atoms with Crippen molar-refractivity contribution in [1.29, 1.82) is 0 Å². The standard InChI is InChI=1S/C15H20N4O/c1-13(20)12-19-8-6-18(7-9-19)5-3-4-15-10-16-14(2)17-11-15/h10-11H,5-9,12H2,1-2H3. The van der Waals surface area contributed by atoms with E-state index in [2.05, 4.69) is 31.6 Å². The smallest absolute Gasteiger partial charge is 0.143 e.